The molecular weight excluding hydrogens is 328 g/mol. The van der Waals surface area contributed by atoms with E-state index >= 15 is 0 Å². The van der Waals surface area contributed by atoms with Crippen molar-refractivity contribution in [3.8, 4) is 0 Å². The number of aromatic nitrogens is 2. The molecule has 0 aromatic carbocycles. The van der Waals surface area contributed by atoms with Crippen molar-refractivity contribution in [2.24, 2.45) is 0 Å². The Kier molecular flexibility index (Phi) is 7.71. The SMILES string of the molecule is CCCCc1ccc(C(=O)O)nc1.O=C(O)c1cccc(C(=O)O)n1. The number of aromatic carboxylic acids is 3. The largest absolute Gasteiger partial charge is 0.477 e. The topological polar surface area (TPSA) is 138 Å². The Hall–Kier alpha value is -3.29. The molecule has 0 saturated carbocycles. The first-order valence-electron chi connectivity index (χ1n) is 7.47. The van der Waals surface area contributed by atoms with Gasteiger partial charge in [0.1, 0.15) is 17.1 Å². The lowest BCUT2D eigenvalue weighted by atomic mass is 10.1. The Morgan fingerprint density at radius 3 is 1.84 bits per heavy atom. The zero-order valence-electron chi connectivity index (χ0n) is 13.5. The molecule has 0 fully saturated rings. The predicted molar refractivity (Wildman–Crippen MR) is 88.0 cm³/mol. The molecule has 3 N–H and O–H groups in total. The van der Waals surface area contributed by atoms with Crippen LogP contribution >= 0.6 is 0 Å². The molecule has 0 amide bonds. The van der Waals surface area contributed by atoms with Gasteiger partial charge in [0, 0.05) is 6.20 Å². The number of carboxylic acids is 3. The number of nitrogens with zero attached hydrogens (tertiary/aromatic N) is 2. The molecule has 2 rings (SSSR count). The lowest BCUT2D eigenvalue weighted by Gasteiger charge is -1.98. The minimum absolute atomic E-state index is 0.111. The third kappa shape index (κ3) is 6.78. The van der Waals surface area contributed by atoms with E-state index in [1.54, 1.807) is 12.3 Å². The number of rotatable bonds is 6. The summed E-state index contributed by atoms with van der Waals surface area (Å²) in [5.74, 6) is -3.45. The van der Waals surface area contributed by atoms with Crippen LogP contribution in [-0.4, -0.2) is 43.2 Å². The van der Waals surface area contributed by atoms with Crippen molar-refractivity contribution in [1.82, 2.24) is 9.97 Å². The maximum Gasteiger partial charge on any atom is 0.354 e. The third-order valence-electron chi connectivity index (χ3n) is 3.05. The van der Waals surface area contributed by atoms with Crippen molar-refractivity contribution in [2.45, 2.75) is 26.2 Å². The average molecular weight is 346 g/mol. The van der Waals surface area contributed by atoms with E-state index < -0.39 is 17.9 Å². The van der Waals surface area contributed by atoms with Gasteiger partial charge in [0.25, 0.3) is 0 Å². The maximum atomic E-state index is 10.5. The highest BCUT2D eigenvalue weighted by atomic mass is 16.4. The summed E-state index contributed by atoms with van der Waals surface area (Å²) in [5.41, 5.74) is 0.678. The number of carboxylic acid groups (broad SMARTS) is 3. The maximum absolute atomic E-state index is 10.5. The molecule has 8 nitrogen and oxygen atoms in total. The van der Waals surface area contributed by atoms with Gasteiger partial charge in [-0.3, -0.25) is 0 Å². The molecule has 25 heavy (non-hydrogen) atoms. The molecular formula is C17H18N2O6. The second kappa shape index (κ2) is 9.76. The van der Waals surface area contributed by atoms with E-state index in [1.807, 2.05) is 6.07 Å². The fourth-order valence-electron chi connectivity index (χ4n) is 1.75. The van der Waals surface area contributed by atoms with E-state index in [-0.39, 0.29) is 17.1 Å². The standard InChI is InChI=1S/C10H13NO2.C7H5NO4/c1-2-3-4-8-5-6-9(10(12)13)11-7-8;9-6(10)4-2-1-3-5(8-4)7(11)12/h5-7H,2-4H2,1H3,(H,12,13);1-3H,(H,9,10)(H,11,12). The van der Waals surface area contributed by atoms with Crippen LogP contribution in [-0.2, 0) is 6.42 Å². The zero-order valence-corrected chi connectivity index (χ0v) is 13.5. The van der Waals surface area contributed by atoms with Crippen molar-refractivity contribution in [2.75, 3.05) is 0 Å². The van der Waals surface area contributed by atoms with Gasteiger partial charge in [0.05, 0.1) is 0 Å². The van der Waals surface area contributed by atoms with Crippen LogP contribution in [0.15, 0.2) is 36.5 Å². The van der Waals surface area contributed by atoms with Crippen molar-refractivity contribution in [3.05, 3.63) is 59.2 Å². The molecule has 2 aromatic rings. The monoisotopic (exact) mass is 346 g/mol. The average Bonchev–Trinajstić information content (AvgIpc) is 2.61. The Bertz CT molecular complexity index is 714. The molecule has 0 radical (unpaired) electrons. The number of pyridine rings is 2. The highest BCUT2D eigenvalue weighted by Crippen LogP contribution is 2.04. The Morgan fingerprint density at radius 1 is 0.880 bits per heavy atom. The first-order valence-corrected chi connectivity index (χ1v) is 7.47. The molecule has 0 aliphatic heterocycles. The van der Waals surface area contributed by atoms with E-state index in [2.05, 4.69) is 16.9 Å². The summed E-state index contributed by atoms with van der Waals surface area (Å²) >= 11 is 0. The fourth-order valence-corrected chi connectivity index (χ4v) is 1.75. The van der Waals surface area contributed by atoms with E-state index in [0.717, 1.165) is 24.8 Å². The highest BCUT2D eigenvalue weighted by molar-refractivity contribution is 5.89. The van der Waals surface area contributed by atoms with Gasteiger partial charge >= 0.3 is 17.9 Å². The second-order valence-corrected chi connectivity index (χ2v) is 4.98. The normalized spacial score (nSPS) is 9.64. The number of hydrogen-bond acceptors (Lipinski definition) is 5. The molecule has 0 bridgehead atoms. The van der Waals surface area contributed by atoms with Gasteiger partial charge in [-0.25, -0.2) is 24.4 Å². The third-order valence-corrected chi connectivity index (χ3v) is 3.05. The Balaban J connectivity index is 0.000000251. The van der Waals surface area contributed by atoms with E-state index in [4.69, 9.17) is 15.3 Å². The zero-order chi connectivity index (χ0) is 18.8. The van der Waals surface area contributed by atoms with Gasteiger partial charge in [-0.05, 0) is 36.6 Å². The predicted octanol–water partition coefficient (Wildman–Crippen LogP) is 2.60. The van der Waals surface area contributed by atoms with Gasteiger partial charge in [-0.2, -0.15) is 0 Å². The molecule has 2 heterocycles. The highest BCUT2D eigenvalue weighted by Gasteiger charge is 2.08. The number of unbranched alkanes of at least 4 members (excludes halogenated alkanes) is 1. The Morgan fingerprint density at radius 2 is 1.44 bits per heavy atom. The molecule has 0 unspecified atom stereocenters. The van der Waals surface area contributed by atoms with Gasteiger partial charge in [-0.15, -0.1) is 0 Å². The molecule has 0 aliphatic carbocycles. The lowest BCUT2D eigenvalue weighted by molar-refractivity contribution is 0.0672. The van der Waals surface area contributed by atoms with Crippen molar-refractivity contribution < 1.29 is 29.7 Å². The second-order valence-electron chi connectivity index (χ2n) is 4.98. The van der Waals surface area contributed by atoms with E-state index in [0.29, 0.717) is 0 Å². The molecule has 132 valence electrons. The van der Waals surface area contributed by atoms with Crippen LogP contribution < -0.4 is 0 Å². The van der Waals surface area contributed by atoms with Gasteiger partial charge in [-0.1, -0.05) is 25.5 Å². The van der Waals surface area contributed by atoms with Crippen LogP contribution in [0.4, 0.5) is 0 Å². The minimum atomic E-state index is -1.24. The molecule has 8 heteroatoms. The van der Waals surface area contributed by atoms with Crippen molar-refractivity contribution in [3.63, 3.8) is 0 Å². The summed E-state index contributed by atoms with van der Waals surface area (Å²) in [5, 5.41) is 25.5. The smallest absolute Gasteiger partial charge is 0.354 e. The van der Waals surface area contributed by atoms with Crippen LogP contribution in [0.1, 0.15) is 56.8 Å². The van der Waals surface area contributed by atoms with E-state index in [1.165, 1.54) is 18.2 Å². The number of aryl methyl sites for hydroxylation is 1. The molecule has 0 spiro atoms. The summed E-state index contributed by atoms with van der Waals surface area (Å²) in [6, 6.07) is 7.17. The van der Waals surface area contributed by atoms with Crippen LogP contribution in [0.5, 0.6) is 0 Å². The minimum Gasteiger partial charge on any atom is -0.477 e. The molecule has 2 aromatic heterocycles. The lowest BCUT2D eigenvalue weighted by Crippen LogP contribution is -2.06. The Labute approximate surface area is 143 Å². The number of hydrogen-bond donors (Lipinski definition) is 3. The number of carbonyl (C=O) groups is 3. The van der Waals surface area contributed by atoms with Crippen molar-refractivity contribution in [1.29, 1.82) is 0 Å². The van der Waals surface area contributed by atoms with Crippen LogP contribution in [0.3, 0.4) is 0 Å². The summed E-state index contributed by atoms with van der Waals surface area (Å²) in [6.07, 6.45) is 4.87. The van der Waals surface area contributed by atoms with E-state index in [9.17, 15) is 14.4 Å². The van der Waals surface area contributed by atoms with Crippen LogP contribution in [0, 0.1) is 0 Å². The summed E-state index contributed by atoms with van der Waals surface area (Å²) in [6.45, 7) is 2.12. The summed E-state index contributed by atoms with van der Waals surface area (Å²) in [7, 11) is 0. The summed E-state index contributed by atoms with van der Waals surface area (Å²) < 4.78 is 0. The van der Waals surface area contributed by atoms with Crippen LogP contribution in [0.25, 0.3) is 0 Å². The molecule has 0 saturated heterocycles. The first kappa shape index (κ1) is 19.8. The molecule has 0 aliphatic rings. The quantitative estimate of drug-likeness (QED) is 0.725. The molecule has 0 atom stereocenters. The van der Waals surface area contributed by atoms with Gasteiger partial charge in [0.2, 0.25) is 0 Å². The van der Waals surface area contributed by atoms with Gasteiger partial charge < -0.3 is 15.3 Å². The summed E-state index contributed by atoms with van der Waals surface area (Å²) in [4.78, 5) is 38.3. The fraction of sp³-hybridized carbons (Fsp3) is 0.235. The van der Waals surface area contributed by atoms with Gasteiger partial charge in [0.15, 0.2) is 0 Å². The van der Waals surface area contributed by atoms with Crippen molar-refractivity contribution >= 4 is 17.9 Å². The van der Waals surface area contributed by atoms with Crippen LogP contribution in [0.2, 0.25) is 0 Å². The first-order chi connectivity index (χ1) is 11.8.